The van der Waals surface area contributed by atoms with Gasteiger partial charge in [-0.1, -0.05) is 6.92 Å². The molecule has 0 aliphatic carbocycles. The number of nitrogens with zero attached hydrogens (tertiary/aromatic N) is 2. The smallest absolute Gasteiger partial charge is 0.314 e. The second-order valence-electron chi connectivity index (χ2n) is 4.48. The standard InChI is InChI=1S/C11H22F3N3/c1-2-5-17(10-11(12,13)14)9-8-16-6-3-15-4-7-16/h15H,2-10H2,1H3. The Balaban J connectivity index is 2.27. The molecule has 1 fully saturated rings. The Hall–Kier alpha value is -0.330. The molecule has 0 atom stereocenters. The number of rotatable bonds is 6. The van der Waals surface area contributed by atoms with E-state index in [1.165, 1.54) is 4.90 Å². The molecule has 1 heterocycles. The minimum Gasteiger partial charge on any atom is -0.314 e. The average Bonchev–Trinajstić information content (AvgIpc) is 2.26. The summed E-state index contributed by atoms with van der Waals surface area (Å²) in [5, 5.41) is 3.23. The summed E-state index contributed by atoms with van der Waals surface area (Å²) >= 11 is 0. The zero-order chi connectivity index (χ0) is 12.7. The van der Waals surface area contributed by atoms with E-state index in [1.807, 2.05) is 6.92 Å². The Morgan fingerprint density at radius 2 is 1.82 bits per heavy atom. The van der Waals surface area contributed by atoms with Crippen LogP contribution in [-0.4, -0.2) is 68.3 Å². The summed E-state index contributed by atoms with van der Waals surface area (Å²) in [5.74, 6) is 0. The van der Waals surface area contributed by atoms with Crippen LogP contribution >= 0.6 is 0 Å². The fourth-order valence-electron chi connectivity index (χ4n) is 2.06. The third-order valence-electron chi connectivity index (χ3n) is 2.88. The summed E-state index contributed by atoms with van der Waals surface area (Å²) < 4.78 is 37.0. The van der Waals surface area contributed by atoms with Crippen LogP contribution in [0.15, 0.2) is 0 Å². The van der Waals surface area contributed by atoms with E-state index in [9.17, 15) is 13.2 Å². The zero-order valence-corrected chi connectivity index (χ0v) is 10.4. The maximum absolute atomic E-state index is 12.3. The van der Waals surface area contributed by atoms with Gasteiger partial charge in [0.15, 0.2) is 0 Å². The van der Waals surface area contributed by atoms with Gasteiger partial charge in [0.2, 0.25) is 0 Å². The second-order valence-corrected chi connectivity index (χ2v) is 4.48. The number of piperazine rings is 1. The van der Waals surface area contributed by atoms with Gasteiger partial charge >= 0.3 is 6.18 Å². The number of halogens is 3. The quantitative estimate of drug-likeness (QED) is 0.766. The number of hydrogen-bond acceptors (Lipinski definition) is 3. The summed E-state index contributed by atoms with van der Waals surface area (Å²) in [4.78, 5) is 3.72. The Morgan fingerprint density at radius 3 is 2.35 bits per heavy atom. The lowest BCUT2D eigenvalue weighted by Gasteiger charge is -2.30. The summed E-state index contributed by atoms with van der Waals surface area (Å²) in [5.41, 5.74) is 0. The summed E-state index contributed by atoms with van der Waals surface area (Å²) in [6, 6.07) is 0. The monoisotopic (exact) mass is 253 g/mol. The van der Waals surface area contributed by atoms with E-state index in [0.717, 1.165) is 39.1 Å². The third kappa shape index (κ3) is 6.85. The van der Waals surface area contributed by atoms with Gasteiger partial charge in [0.1, 0.15) is 0 Å². The largest absolute Gasteiger partial charge is 0.401 e. The first kappa shape index (κ1) is 14.7. The Labute approximate surface area is 101 Å². The molecule has 0 aromatic heterocycles. The molecule has 0 bridgehead atoms. The molecule has 102 valence electrons. The van der Waals surface area contributed by atoms with Gasteiger partial charge in [0, 0.05) is 39.3 Å². The van der Waals surface area contributed by atoms with Crippen LogP contribution in [0.5, 0.6) is 0 Å². The van der Waals surface area contributed by atoms with Gasteiger partial charge in [-0.3, -0.25) is 9.80 Å². The van der Waals surface area contributed by atoms with Gasteiger partial charge in [-0.05, 0) is 13.0 Å². The fourth-order valence-corrected chi connectivity index (χ4v) is 2.06. The predicted octanol–water partition coefficient (Wildman–Crippen LogP) is 1.17. The van der Waals surface area contributed by atoms with E-state index in [4.69, 9.17) is 0 Å². The van der Waals surface area contributed by atoms with Crippen LogP contribution in [0.3, 0.4) is 0 Å². The molecule has 6 heteroatoms. The minimum atomic E-state index is -4.08. The van der Waals surface area contributed by atoms with Crippen molar-refractivity contribution in [3.63, 3.8) is 0 Å². The van der Waals surface area contributed by atoms with E-state index in [2.05, 4.69) is 10.2 Å². The van der Waals surface area contributed by atoms with Crippen molar-refractivity contribution in [3.8, 4) is 0 Å². The second kappa shape index (κ2) is 7.18. The molecule has 3 nitrogen and oxygen atoms in total. The maximum atomic E-state index is 12.3. The van der Waals surface area contributed by atoms with Gasteiger partial charge in [-0.25, -0.2) is 0 Å². The molecule has 1 rings (SSSR count). The van der Waals surface area contributed by atoms with Crippen LogP contribution < -0.4 is 5.32 Å². The normalized spacial score (nSPS) is 18.9. The summed E-state index contributed by atoms with van der Waals surface area (Å²) in [6.07, 6.45) is -3.32. The van der Waals surface area contributed by atoms with Gasteiger partial charge in [-0.15, -0.1) is 0 Å². The first-order valence-electron chi connectivity index (χ1n) is 6.23. The van der Waals surface area contributed by atoms with Crippen molar-refractivity contribution in [2.45, 2.75) is 19.5 Å². The molecule has 17 heavy (non-hydrogen) atoms. The van der Waals surface area contributed by atoms with Crippen molar-refractivity contribution in [3.05, 3.63) is 0 Å². The molecule has 0 unspecified atom stereocenters. The summed E-state index contributed by atoms with van der Waals surface area (Å²) in [6.45, 7) is 6.63. The number of hydrogen-bond donors (Lipinski definition) is 1. The highest BCUT2D eigenvalue weighted by Crippen LogP contribution is 2.16. The molecular weight excluding hydrogens is 231 g/mol. The van der Waals surface area contributed by atoms with Crippen molar-refractivity contribution in [2.24, 2.45) is 0 Å². The van der Waals surface area contributed by atoms with Crippen LogP contribution in [0.2, 0.25) is 0 Å². The molecular formula is C11H22F3N3. The highest BCUT2D eigenvalue weighted by molar-refractivity contribution is 4.70. The Morgan fingerprint density at radius 1 is 1.18 bits per heavy atom. The van der Waals surface area contributed by atoms with Crippen molar-refractivity contribution >= 4 is 0 Å². The number of nitrogens with one attached hydrogen (secondary N) is 1. The van der Waals surface area contributed by atoms with Crippen molar-refractivity contribution in [1.82, 2.24) is 15.1 Å². The molecule has 0 amide bonds. The van der Waals surface area contributed by atoms with E-state index in [0.29, 0.717) is 13.1 Å². The first-order chi connectivity index (χ1) is 8.01. The highest BCUT2D eigenvalue weighted by Gasteiger charge is 2.30. The van der Waals surface area contributed by atoms with Crippen LogP contribution in [0.1, 0.15) is 13.3 Å². The zero-order valence-electron chi connectivity index (χ0n) is 10.4. The molecule has 1 aliphatic heterocycles. The van der Waals surface area contributed by atoms with E-state index < -0.39 is 12.7 Å². The van der Waals surface area contributed by atoms with Crippen LogP contribution in [0, 0.1) is 0 Å². The molecule has 0 spiro atoms. The van der Waals surface area contributed by atoms with Gasteiger partial charge < -0.3 is 5.32 Å². The highest BCUT2D eigenvalue weighted by atomic mass is 19.4. The van der Waals surface area contributed by atoms with Gasteiger partial charge in [0.05, 0.1) is 6.54 Å². The molecule has 0 aromatic rings. The van der Waals surface area contributed by atoms with Crippen molar-refractivity contribution in [1.29, 1.82) is 0 Å². The van der Waals surface area contributed by atoms with Gasteiger partial charge in [0.25, 0.3) is 0 Å². The average molecular weight is 253 g/mol. The summed E-state index contributed by atoms with van der Waals surface area (Å²) in [7, 11) is 0. The Bertz CT molecular complexity index is 203. The van der Waals surface area contributed by atoms with Crippen LogP contribution in [0.25, 0.3) is 0 Å². The van der Waals surface area contributed by atoms with Crippen LogP contribution in [-0.2, 0) is 0 Å². The lowest BCUT2D eigenvalue weighted by molar-refractivity contribution is -0.146. The van der Waals surface area contributed by atoms with E-state index >= 15 is 0 Å². The molecule has 1 N–H and O–H groups in total. The molecule has 0 aromatic carbocycles. The van der Waals surface area contributed by atoms with Crippen molar-refractivity contribution in [2.75, 3.05) is 52.4 Å². The minimum absolute atomic E-state index is 0.507. The SMILES string of the molecule is CCCN(CCN1CCNCC1)CC(F)(F)F. The maximum Gasteiger partial charge on any atom is 0.401 e. The molecule has 0 saturated carbocycles. The van der Waals surface area contributed by atoms with E-state index in [-0.39, 0.29) is 0 Å². The van der Waals surface area contributed by atoms with Crippen molar-refractivity contribution < 1.29 is 13.2 Å². The first-order valence-corrected chi connectivity index (χ1v) is 6.23. The van der Waals surface area contributed by atoms with E-state index in [1.54, 1.807) is 0 Å². The molecule has 1 saturated heterocycles. The lowest BCUT2D eigenvalue weighted by atomic mass is 10.3. The molecule has 1 aliphatic rings. The topological polar surface area (TPSA) is 18.5 Å². The Kier molecular flexibility index (Phi) is 6.22. The molecule has 0 radical (unpaired) electrons. The van der Waals surface area contributed by atoms with Gasteiger partial charge in [-0.2, -0.15) is 13.2 Å². The number of alkyl halides is 3. The lowest BCUT2D eigenvalue weighted by Crippen LogP contribution is -2.47. The predicted molar refractivity (Wildman–Crippen MR) is 62.1 cm³/mol. The fraction of sp³-hybridized carbons (Fsp3) is 1.00. The third-order valence-corrected chi connectivity index (χ3v) is 2.88. The van der Waals surface area contributed by atoms with Crippen LogP contribution in [0.4, 0.5) is 13.2 Å².